The Kier molecular flexibility index (Phi) is 8.56. The fraction of sp³-hybridized carbons (Fsp3) is 0.405. The number of ether oxygens (including phenoxy) is 2. The molecule has 1 saturated heterocycles. The number of hydrogen-bond donors (Lipinski definition) is 1. The Hall–Kier alpha value is -3.81. The molecule has 2 aliphatic carbocycles. The summed E-state index contributed by atoms with van der Waals surface area (Å²) in [5.74, 6) is 0.614. The number of piperazine rings is 1. The third kappa shape index (κ3) is 6.47. The fourth-order valence-corrected chi connectivity index (χ4v) is 7.83. The number of esters is 1. The first-order valence-corrected chi connectivity index (χ1v) is 16.6. The molecule has 1 aliphatic heterocycles. The zero-order valence-electron chi connectivity index (χ0n) is 26.0. The lowest BCUT2D eigenvalue weighted by Gasteiger charge is -2.44. The van der Waals surface area contributed by atoms with Crippen LogP contribution in [0.25, 0.3) is 16.6 Å². The van der Waals surface area contributed by atoms with E-state index in [1.807, 2.05) is 42.6 Å². The number of fused-ring (bicyclic) bond motifs is 1. The third-order valence-electron chi connectivity index (χ3n) is 10.2. The lowest BCUT2D eigenvalue weighted by molar-refractivity contribution is 0.0598. The largest absolute Gasteiger partial charge is 0.465 e. The maximum absolute atomic E-state index is 12.6. The Labute approximate surface area is 270 Å². The van der Waals surface area contributed by atoms with E-state index in [4.69, 9.17) is 21.1 Å². The van der Waals surface area contributed by atoms with E-state index in [0.29, 0.717) is 22.5 Å². The summed E-state index contributed by atoms with van der Waals surface area (Å²) in [6, 6.07) is 18.1. The Bertz CT molecular complexity index is 1700. The van der Waals surface area contributed by atoms with Crippen LogP contribution in [0.3, 0.4) is 0 Å². The topological polar surface area (TPSA) is 70.7 Å². The molecule has 7 nitrogen and oxygen atoms in total. The van der Waals surface area contributed by atoms with Crippen molar-refractivity contribution in [1.82, 2.24) is 14.9 Å². The quantitative estimate of drug-likeness (QED) is 0.208. The van der Waals surface area contributed by atoms with Crippen molar-refractivity contribution in [2.75, 3.05) is 44.7 Å². The first-order chi connectivity index (χ1) is 22.0. The van der Waals surface area contributed by atoms with E-state index in [0.717, 1.165) is 54.5 Å². The van der Waals surface area contributed by atoms with Gasteiger partial charge in [-0.2, -0.15) is 0 Å². The highest BCUT2D eigenvalue weighted by Gasteiger charge is 2.37. The van der Waals surface area contributed by atoms with Crippen molar-refractivity contribution in [2.24, 2.45) is 5.41 Å². The van der Waals surface area contributed by atoms with Gasteiger partial charge < -0.3 is 19.4 Å². The number of methoxy groups -OCH3 is 1. The second-order valence-corrected chi connectivity index (χ2v) is 13.4. The number of hydrogen-bond acceptors (Lipinski definition) is 6. The number of aromatic nitrogens is 2. The van der Waals surface area contributed by atoms with E-state index in [-0.39, 0.29) is 0 Å². The van der Waals surface area contributed by atoms with Crippen LogP contribution in [-0.2, 0) is 4.74 Å². The number of nitrogens with zero attached hydrogens (tertiary/aromatic N) is 3. The second-order valence-electron chi connectivity index (χ2n) is 13.0. The van der Waals surface area contributed by atoms with E-state index >= 15 is 0 Å². The average Bonchev–Trinajstić information content (AvgIpc) is 3.54. The van der Waals surface area contributed by atoms with Crippen molar-refractivity contribution in [1.29, 1.82) is 0 Å². The van der Waals surface area contributed by atoms with Crippen LogP contribution in [0.1, 0.15) is 67.3 Å². The zero-order chi connectivity index (χ0) is 30.8. The van der Waals surface area contributed by atoms with Gasteiger partial charge in [-0.1, -0.05) is 48.6 Å². The summed E-state index contributed by atoms with van der Waals surface area (Å²) in [5.41, 5.74) is 7.22. The number of allylic oxidation sites excluding steroid dienone is 1. The fourth-order valence-electron chi connectivity index (χ4n) is 7.70. The van der Waals surface area contributed by atoms with Crippen molar-refractivity contribution in [2.45, 2.75) is 51.4 Å². The van der Waals surface area contributed by atoms with Gasteiger partial charge in [-0.3, -0.25) is 4.90 Å². The molecule has 0 radical (unpaired) electrons. The number of benzene rings is 2. The molecule has 234 valence electrons. The SMILES string of the molecule is COC(=O)c1ccc(N2CCN(CC3=C(c4ccc(Cl)cc4)CCC4(CCCCC4)C3)CC2)cc1Oc1cnc2[nH]ccc2c1. The normalized spacial score (nSPS) is 18.8. The smallest absolute Gasteiger partial charge is 0.341 e. The Balaban J connectivity index is 1.08. The molecule has 3 aliphatic rings. The summed E-state index contributed by atoms with van der Waals surface area (Å²) >= 11 is 6.26. The molecule has 3 heterocycles. The molecule has 4 aromatic rings. The lowest BCUT2D eigenvalue weighted by Crippen LogP contribution is -2.47. The average molecular weight is 625 g/mol. The maximum Gasteiger partial charge on any atom is 0.341 e. The predicted octanol–water partition coefficient (Wildman–Crippen LogP) is 8.51. The molecule has 2 aromatic heterocycles. The van der Waals surface area contributed by atoms with Crippen LogP contribution in [0.2, 0.25) is 5.02 Å². The molecule has 0 unspecified atom stereocenters. The van der Waals surface area contributed by atoms with Crippen molar-refractivity contribution >= 4 is 39.9 Å². The van der Waals surface area contributed by atoms with Gasteiger partial charge in [0, 0.05) is 61.1 Å². The number of anilines is 1. The summed E-state index contributed by atoms with van der Waals surface area (Å²) in [5, 5.41) is 1.74. The van der Waals surface area contributed by atoms with Crippen LogP contribution < -0.4 is 9.64 Å². The zero-order valence-corrected chi connectivity index (χ0v) is 26.7. The minimum Gasteiger partial charge on any atom is -0.465 e. The Morgan fingerprint density at radius 1 is 0.978 bits per heavy atom. The van der Waals surface area contributed by atoms with Gasteiger partial charge in [-0.05, 0) is 85.1 Å². The van der Waals surface area contributed by atoms with E-state index in [9.17, 15) is 4.79 Å². The van der Waals surface area contributed by atoms with Crippen molar-refractivity contribution in [3.05, 3.63) is 88.7 Å². The van der Waals surface area contributed by atoms with E-state index in [2.05, 4.69) is 31.9 Å². The van der Waals surface area contributed by atoms with Crippen LogP contribution in [0.15, 0.2) is 72.6 Å². The highest BCUT2D eigenvalue weighted by molar-refractivity contribution is 6.30. The first kappa shape index (κ1) is 29.9. The minimum absolute atomic E-state index is 0.393. The summed E-state index contributed by atoms with van der Waals surface area (Å²) in [6.07, 6.45) is 14.1. The standard InChI is InChI=1S/C37H41ClN4O3/c1-44-36(43)33-10-9-30(22-34(33)45-31-21-27-12-16-39-35(27)40-24-31)42-19-17-41(18-20-42)25-28-23-37(13-3-2-4-14-37)15-11-32(28)26-5-7-29(38)8-6-26/h5-10,12,16,21-22,24H,2-4,11,13-15,17-20,23,25H2,1H3,(H,39,40). The Morgan fingerprint density at radius 3 is 2.56 bits per heavy atom. The molecule has 8 heteroatoms. The molecule has 7 rings (SSSR count). The number of rotatable bonds is 7. The van der Waals surface area contributed by atoms with Gasteiger partial charge in [0.05, 0.1) is 13.3 Å². The van der Waals surface area contributed by atoms with Crippen LogP contribution in [0, 0.1) is 5.41 Å². The third-order valence-corrected chi connectivity index (χ3v) is 10.4. The van der Waals surface area contributed by atoms with Gasteiger partial charge in [-0.25, -0.2) is 9.78 Å². The van der Waals surface area contributed by atoms with Crippen LogP contribution in [0.5, 0.6) is 11.5 Å². The number of aromatic amines is 1. The molecular formula is C37H41ClN4O3. The summed E-state index contributed by atoms with van der Waals surface area (Å²) < 4.78 is 11.3. The van der Waals surface area contributed by atoms with Crippen molar-refractivity contribution in [3.8, 4) is 11.5 Å². The molecule has 1 N–H and O–H groups in total. The monoisotopic (exact) mass is 624 g/mol. The van der Waals surface area contributed by atoms with Gasteiger partial charge in [0.1, 0.15) is 22.7 Å². The van der Waals surface area contributed by atoms with Gasteiger partial charge >= 0.3 is 5.97 Å². The number of pyridine rings is 1. The van der Waals surface area contributed by atoms with Gasteiger partial charge in [0.15, 0.2) is 0 Å². The van der Waals surface area contributed by atoms with E-state index in [1.54, 1.807) is 17.8 Å². The minimum atomic E-state index is -0.426. The summed E-state index contributed by atoms with van der Waals surface area (Å²) in [6.45, 7) is 4.80. The van der Waals surface area contributed by atoms with Crippen LogP contribution in [-0.4, -0.2) is 60.7 Å². The van der Waals surface area contributed by atoms with Gasteiger partial charge in [0.2, 0.25) is 0 Å². The van der Waals surface area contributed by atoms with E-state index in [1.165, 1.54) is 69.6 Å². The van der Waals surface area contributed by atoms with Crippen molar-refractivity contribution in [3.63, 3.8) is 0 Å². The molecule has 2 aromatic carbocycles. The highest BCUT2D eigenvalue weighted by atomic mass is 35.5. The molecule has 0 bridgehead atoms. The maximum atomic E-state index is 12.6. The molecule has 0 amide bonds. The number of nitrogens with one attached hydrogen (secondary N) is 1. The summed E-state index contributed by atoms with van der Waals surface area (Å²) in [4.78, 5) is 25.2. The molecular weight excluding hydrogens is 584 g/mol. The molecule has 2 fully saturated rings. The van der Waals surface area contributed by atoms with Gasteiger partial charge in [0.25, 0.3) is 0 Å². The predicted molar refractivity (Wildman–Crippen MR) is 180 cm³/mol. The number of carbonyl (C=O) groups is 1. The highest BCUT2D eigenvalue weighted by Crippen LogP contribution is 2.51. The molecule has 1 spiro atoms. The second kappa shape index (κ2) is 12.9. The first-order valence-electron chi connectivity index (χ1n) is 16.3. The van der Waals surface area contributed by atoms with Gasteiger partial charge in [-0.15, -0.1) is 0 Å². The Morgan fingerprint density at radius 2 is 1.78 bits per heavy atom. The lowest BCUT2D eigenvalue weighted by atomic mass is 9.63. The number of halogens is 1. The van der Waals surface area contributed by atoms with E-state index < -0.39 is 5.97 Å². The van der Waals surface area contributed by atoms with Crippen molar-refractivity contribution < 1.29 is 14.3 Å². The van der Waals surface area contributed by atoms with Crippen LogP contribution >= 0.6 is 11.6 Å². The molecule has 45 heavy (non-hydrogen) atoms. The summed E-state index contributed by atoms with van der Waals surface area (Å²) in [7, 11) is 1.39. The number of carbonyl (C=O) groups excluding carboxylic acids is 1. The number of H-pyrrole nitrogens is 1. The molecule has 1 saturated carbocycles. The van der Waals surface area contributed by atoms with Crippen LogP contribution in [0.4, 0.5) is 5.69 Å². The molecule has 0 atom stereocenters.